The van der Waals surface area contributed by atoms with Gasteiger partial charge in [-0.15, -0.1) is 0 Å². The highest BCUT2D eigenvalue weighted by Crippen LogP contribution is 2.43. The summed E-state index contributed by atoms with van der Waals surface area (Å²) >= 11 is 0. The maximum Gasteiger partial charge on any atom is 0.227 e. The average molecular weight is 1510 g/mol. The molecule has 0 saturated heterocycles. The maximum atomic E-state index is 8.83. The van der Waals surface area contributed by atoms with E-state index >= 15 is 0 Å². The van der Waals surface area contributed by atoms with E-state index in [1.807, 2.05) is 82.3 Å². The second-order valence-corrected chi connectivity index (χ2v) is 32.0. The Labute approximate surface area is 685 Å². The Hall–Kier alpha value is -10.7. The Kier molecular flexibility index (Phi) is 17.5. The molecule has 0 radical (unpaired) electrons. The van der Waals surface area contributed by atoms with Crippen molar-refractivity contribution in [1.29, 1.82) is 0 Å². The second-order valence-electron chi connectivity index (χ2n) is 32.0. The molecule has 4 aromatic carbocycles. The third-order valence-corrected chi connectivity index (χ3v) is 21.4. The summed E-state index contributed by atoms with van der Waals surface area (Å²) in [6.07, 6.45) is 13.2. The monoisotopic (exact) mass is 1510 g/mol. The number of pyridine rings is 8. The van der Waals surface area contributed by atoms with Crippen LogP contribution in [0.3, 0.4) is 0 Å². The zero-order valence-corrected chi connectivity index (χ0v) is 68.9. The molecule has 16 aromatic rings. The van der Waals surface area contributed by atoms with Gasteiger partial charge in [-0.05, 0) is 195 Å². The SMILES string of the molecule is Cc1ccc2c(n1)oc1c(-c3cc(C(C)C)c(CC(C)C)c[n+]3C)c(C)ccc12.Cc1ccc2c(oc3ncccc32)c1-c1cc(C(C)C)c(CC(C)C)c[n+]1C.[2H]C([2H])([2H])C([2H])(C)c1cc(-c2c(C)ccc3c2oc2nc(C)ccc23)[n+](C)cc1C([2H])(C)C([2H])([2H])[2H].[2H]C([2H])([2H])C([2H])(C)c1cc(-c2c(C)ccc3c2oc2ncccc23)[n+](C)cc1C([2H])(C)C([2H])([2H])[2H]. The summed E-state index contributed by atoms with van der Waals surface area (Å²) in [5.41, 5.74) is 24.0. The van der Waals surface area contributed by atoms with Gasteiger partial charge in [-0.3, -0.25) is 0 Å². The van der Waals surface area contributed by atoms with Crippen molar-refractivity contribution in [2.24, 2.45) is 40.0 Å². The third kappa shape index (κ3) is 15.4. The number of nitrogens with zero attached hydrogens (tertiary/aromatic N) is 8. The molecule has 576 valence electrons. The minimum atomic E-state index is -2.77. The minimum Gasteiger partial charge on any atom is -0.437 e. The number of aryl methyl sites for hydroxylation is 10. The molecule has 112 heavy (non-hydrogen) atoms. The lowest BCUT2D eigenvalue weighted by molar-refractivity contribution is -0.661. The summed E-state index contributed by atoms with van der Waals surface area (Å²) in [4.78, 5) is 17.8. The average Bonchev–Trinajstić information content (AvgIpc) is 1.22. The fourth-order valence-electron chi connectivity index (χ4n) is 15.9. The van der Waals surface area contributed by atoms with E-state index in [1.54, 1.807) is 35.6 Å². The van der Waals surface area contributed by atoms with Crippen molar-refractivity contribution in [3.8, 4) is 45.0 Å². The van der Waals surface area contributed by atoms with E-state index in [9.17, 15) is 0 Å². The number of benzene rings is 4. The summed E-state index contributed by atoms with van der Waals surface area (Å²) in [6, 6.07) is 40.0. The van der Waals surface area contributed by atoms with Gasteiger partial charge in [-0.2, -0.15) is 0 Å². The third-order valence-electron chi connectivity index (χ3n) is 21.4. The molecule has 0 amide bonds. The van der Waals surface area contributed by atoms with Gasteiger partial charge in [-0.25, -0.2) is 38.2 Å². The number of rotatable bonds is 14. The molecule has 12 heteroatoms. The summed E-state index contributed by atoms with van der Waals surface area (Å²) < 4.78 is 164. The van der Waals surface area contributed by atoms with E-state index in [2.05, 4.69) is 179 Å². The maximum absolute atomic E-state index is 8.83. The van der Waals surface area contributed by atoms with E-state index in [1.165, 1.54) is 103 Å². The molecule has 0 saturated carbocycles. The number of hydrogen-bond donors (Lipinski definition) is 0. The van der Waals surface area contributed by atoms with Gasteiger partial charge in [0.15, 0.2) is 47.1 Å². The van der Waals surface area contributed by atoms with Gasteiger partial charge >= 0.3 is 0 Å². The van der Waals surface area contributed by atoms with Gasteiger partial charge in [0.2, 0.25) is 45.6 Å². The number of fused-ring (bicyclic) bond motifs is 12. The smallest absolute Gasteiger partial charge is 0.227 e. The fourth-order valence-corrected chi connectivity index (χ4v) is 15.9. The first-order valence-corrected chi connectivity index (χ1v) is 38.8. The van der Waals surface area contributed by atoms with Crippen molar-refractivity contribution in [2.75, 3.05) is 0 Å². The largest absolute Gasteiger partial charge is 0.437 e. The lowest BCUT2D eigenvalue weighted by Crippen LogP contribution is -2.32. The van der Waals surface area contributed by atoms with Crippen molar-refractivity contribution in [3.63, 3.8) is 0 Å². The topological polar surface area (TPSA) is 120 Å². The molecule has 4 atom stereocenters. The quantitative estimate of drug-likeness (QED) is 0.0988. The van der Waals surface area contributed by atoms with Crippen LogP contribution >= 0.6 is 0 Å². The molecule has 4 unspecified atom stereocenters. The number of furan rings is 4. The number of aromatic nitrogens is 8. The van der Waals surface area contributed by atoms with Gasteiger partial charge in [0.05, 0.1) is 22.3 Å². The molecule has 0 spiro atoms. The van der Waals surface area contributed by atoms with Gasteiger partial charge in [0.25, 0.3) is 0 Å². The summed E-state index contributed by atoms with van der Waals surface area (Å²) in [5.74, 6) is -6.41. The van der Waals surface area contributed by atoms with Crippen molar-refractivity contribution >= 4 is 88.3 Å². The van der Waals surface area contributed by atoms with E-state index in [0.717, 1.165) is 101 Å². The van der Waals surface area contributed by atoms with Crippen LogP contribution in [0.15, 0.2) is 176 Å². The Morgan fingerprint density at radius 2 is 0.607 bits per heavy atom. The Morgan fingerprint density at radius 3 is 0.911 bits per heavy atom. The normalized spacial score (nSPS) is 16.7. The summed E-state index contributed by atoms with van der Waals surface area (Å²) in [6.45, 7) is 24.1. The van der Waals surface area contributed by atoms with Crippen molar-refractivity contribution in [3.05, 3.63) is 237 Å². The number of hydrogen-bond acceptors (Lipinski definition) is 8. The standard InChI is InChI=1S/C26H31N2O.2C25H29N2O.C24H27N2O/c1-15(2)12-19-14-28(7)23(13-22(19)16(3)4)24-17(5)8-10-20-21-11-9-18(6)27-26(21)29-25(20)24;1-14(2)20-12-22(27(7)13-21(20)15(3)4)23-16(5)8-10-18-19-11-9-17(6)26-25(19)28-24(18)23;1-15(2)12-18-14-27(6)22(13-21(18)16(3)4)23-17(5)9-10-19-20-8-7-11-26-25(20)28-24(19)23;1-14(2)19-12-21(26(6)13-20(19)15(3)4)22-16(5)9-10-17-18-8-7-11-25-24(18)27-23(17)22/h8-11,13-16H,12H2,1-7H3;8-15H,1-7H3;7-11,13-16H,12H2,1-6H3;7-15H,1-6H3/q4*+1/i;1D3,3D3,14D,15D;;1D3,3D3,14D,15D. The highest BCUT2D eigenvalue weighted by atomic mass is 16.4. The van der Waals surface area contributed by atoms with Crippen LogP contribution in [-0.4, -0.2) is 19.9 Å². The Balaban J connectivity index is 0.000000147. The molecular weight excluding hydrogens is 1380 g/mol. The van der Waals surface area contributed by atoms with Crippen molar-refractivity contribution < 1.29 is 57.9 Å². The molecule has 0 aliphatic heterocycles. The van der Waals surface area contributed by atoms with Gasteiger partial charge in [-0.1, -0.05) is 159 Å². The van der Waals surface area contributed by atoms with Gasteiger partial charge in [0.1, 0.15) is 28.2 Å². The van der Waals surface area contributed by atoms with Crippen LogP contribution in [0.1, 0.15) is 246 Å². The van der Waals surface area contributed by atoms with E-state index < -0.39 is 51.0 Å². The predicted molar refractivity (Wildman–Crippen MR) is 463 cm³/mol. The van der Waals surface area contributed by atoms with Gasteiger partial charge in [0, 0.05) is 135 Å². The zero-order valence-electron chi connectivity index (χ0n) is 84.9. The Morgan fingerprint density at radius 1 is 0.330 bits per heavy atom. The molecule has 12 heterocycles. The molecule has 0 aliphatic rings. The first-order chi connectivity index (χ1) is 59.5. The first kappa shape index (κ1) is 60.9. The highest BCUT2D eigenvalue weighted by molar-refractivity contribution is 6.12. The molecule has 16 rings (SSSR count). The summed E-state index contributed by atoms with van der Waals surface area (Å²) in [5, 5.41) is 7.74. The van der Waals surface area contributed by atoms with Crippen molar-refractivity contribution in [1.82, 2.24) is 19.9 Å². The van der Waals surface area contributed by atoms with E-state index in [-0.39, 0.29) is 22.3 Å². The van der Waals surface area contributed by atoms with Crippen LogP contribution in [0.2, 0.25) is 0 Å². The molecule has 12 aromatic heterocycles. The van der Waals surface area contributed by atoms with Crippen LogP contribution in [0, 0.1) is 53.4 Å². The van der Waals surface area contributed by atoms with Crippen LogP contribution < -0.4 is 18.3 Å². The van der Waals surface area contributed by atoms with E-state index in [4.69, 9.17) is 39.6 Å². The molecule has 12 nitrogen and oxygen atoms in total. The second kappa shape index (κ2) is 32.2. The fraction of sp³-hybridized carbons (Fsp3) is 0.360. The molecule has 0 aliphatic carbocycles. The lowest BCUT2D eigenvalue weighted by atomic mass is 9.90. The molecule has 0 bridgehead atoms. The van der Waals surface area contributed by atoms with Crippen molar-refractivity contribution in [2.45, 2.75) is 200 Å². The molecule has 0 fully saturated rings. The predicted octanol–water partition coefficient (Wildman–Crippen LogP) is 24.9. The Bertz CT molecular complexity index is 7000. The minimum absolute atomic E-state index is 0.0332. The molecule has 0 N–H and O–H groups in total. The van der Waals surface area contributed by atoms with Crippen LogP contribution in [0.25, 0.3) is 133 Å². The van der Waals surface area contributed by atoms with Gasteiger partial charge < -0.3 is 17.7 Å². The van der Waals surface area contributed by atoms with Crippen LogP contribution in [0.5, 0.6) is 0 Å². The van der Waals surface area contributed by atoms with Crippen LogP contribution in [-0.2, 0) is 41.0 Å². The molecular formula is C100H116N8O4+4. The zero-order chi connectivity index (χ0) is 94.0. The first-order valence-electron chi connectivity index (χ1n) is 46.8. The lowest BCUT2D eigenvalue weighted by Gasteiger charge is -2.16. The summed E-state index contributed by atoms with van der Waals surface area (Å²) in [7, 11) is 7.70. The van der Waals surface area contributed by atoms with Crippen LogP contribution in [0.4, 0.5) is 0 Å². The van der Waals surface area contributed by atoms with E-state index in [0.29, 0.717) is 74.5 Å². The highest BCUT2D eigenvalue weighted by Gasteiger charge is 2.31.